The van der Waals surface area contributed by atoms with E-state index in [0.29, 0.717) is 18.8 Å². The maximum atomic E-state index is 13.0. The average Bonchev–Trinajstić information content (AvgIpc) is 2.42. The molecule has 0 saturated carbocycles. The molecule has 1 aromatic carbocycles. The van der Waals surface area contributed by atoms with Crippen LogP contribution >= 0.6 is 0 Å². The second-order valence-corrected chi connectivity index (χ2v) is 5.02. The molecule has 0 heterocycles. The van der Waals surface area contributed by atoms with E-state index in [9.17, 15) is 14.0 Å². The molecule has 2 amide bonds. The van der Waals surface area contributed by atoms with Gasteiger partial charge in [-0.2, -0.15) is 0 Å². The molecule has 0 aromatic heterocycles. The summed E-state index contributed by atoms with van der Waals surface area (Å²) in [5, 5.41) is 2.63. The number of rotatable bonds is 8. The molecule has 0 atom stereocenters. The lowest BCUT2D eigenvalue weighted by molar-refractivity contribution is -0.129. The zero-order valence-corrected chi connectivity index (χ0v) is 12.7. The molecule has 0 radical (unpaired) electrons. The zero-order chi connectivity index (χ0) is 15.7. The lowest BCUT2D eigenvalue weighted by Gasteiger charge is -2.20. The SMILES string of the molecule is CCCCCN(CCC(=O)Nc1cccc(F)c1)C(C)=O. The predicted molar refractivity (Wildman–Crippen MR) is 81.4 cm³/mol. The number of halogens is 1. The van der Waals surface area contributed by atoms with Gasteiger partial charge in [0.2, 0.25) is 11.8 Å². The first kappa shape index (κ1) is 17.1. The van der Waals surface area contributed by atoms with Crippen LogP contribution < -0.4 is 5.32 Å². The number of anilines is 1. The van der Waals surface area contributed by atoms with Gasteiger partial charge in [0.05, 0.1) is 0 Å². The summed E-state index contributed by atoms with van der Waals surface area (Å²) in [4.78, 5) is 25.0. The molecule has 1 rings (SSSR count). The highest BCUT2D eigenvalue weighted by atomic mass is 19.1. The van der Waals surface area contributed by atoms with Crippen LogP contribution in [-0.4, -0.2) is 29.8 Å². The highest BCUT2D eigenvalue weighted by Gasteiger charge is 2.11. The average molecular weight is 294 g/mol. The summed E-state index contributed by atoms with van der Waals surface area (Å²) in [5.41, 5.74) is 0.431. The molecule has 0 aliphatic rings. The number of hydrogen-bond donors (Lipinski definition) is 1. The molecule has 0 aliphatic heterocycles. The highest BCUT2D eigenvalue weighted by Crippen LogP contribution is 2.09. The third-order valence-corrected chi connectivity index (χ3v) is 3.19. The number of nitrogens with one attached hydrogen (secondary N) is 1. The Hall–Kier alpha value is -1.91. The summed E-state index contributed by atoms with van der Waals surface area (Å²) in [5.74, 6) is -0.635. The summed E-state index contributed by atoms with van der Waals surface area (Å²) in [6.07, 6.45) is 3.31. The van der Waals surface area contributed by atoms with Gasteiger partial charge in [-0.15, -0.1) is 0 Å². The van der Waals surface area contributed by atoms with Crippen molar-refractivity contribution < 1.29 is 14.0 Å². The van der Waals surface area contributed by atoms with Crippen LogP contribution in [0, 0.1) is 5.82 Å². The maximum Gasteiger partial charge on any atom is 0.226 e. The monoisotopic (exact) mass is 294 g/mol. The van der Waals surface area contributed by atoms with Gasteiger partial charge in [-0.3, -0.25) is 9.59 Å². The van der Waals surface area contributed by atoms with E-state index in [-0.39, 0.29) is 18.2 Å². The molecule has 5 heteroatoms. The first-order valence-corrected chi connectivity index (χ1v) is 7.34. The van der Waals surface area contributed by atoms with Gasteiger partial charge in [-0.25, -0.2) is 4.39 Å². The molecule has 0 fully saturated rings. The van der Waals surface area contributed by atoms with E-state index in [4.69, 9.17) is 0 Å². The smallest absolute Gasteiger partial charge is 0.226 e. The Labute approximate surface area is 125 Å². The van der Waals surface area contributed by atoms with Gasteiger partial charge < -0.3 is 10.2 Å². The zero-order valence-electron chi connectivity index (χ0n) is 12.7. The van der Waals surface area contributed by atoms with E-state index in [1.807, 2.05) is 0 Å². The van der Waals surface area contributed by atoms with Crippen molar-refractivity contribution in [1.29, 1.82) is 0 Å². The largest absolute Gasteiger partial charge is 0.342 e. The van der Waals surface area contributed by atoms with Gasteiger partial charge in [0, 0.05) is 32.1 Å². The lowest BCUT2D eigenvalue weighted by Crippen LogP contribution is -2.32. The van der Waals surface area contributed by atoms with Crippen LogP contribution in [0.2, 0.25) is 0 Å². The molecule has 0 aliphatic carbocycles. The fourth-order valence-corrected chi connectivity index (χ4v) is 2.01. The van der Waals surface area contributed by atoms with Crippen LogP contribution in [0.3, 0.4) is 0 Å². The summed E-state index contributed by atoms with van der Waals surface area (Å²) >= 11 is 0. The number of benzene rings is 1. The number of unbranched alkanes of at least 4 members (excludes halogenated alkanes) is 2. The molecule has 4 nitrogen and oxygen atoms in total. The standard InChI is InChI=1S/C16H23FN2O2/c1-3-4-5-10-19(13(2)20)11-9-16(21)18-15-8-6-7-14(17)12-15/h6-8,12H,3-5,9-11H2,1-2H3,(H,18,21). The van der Waals surface area contributed by atoms with Crippen LogP contribution in [0.1, 0.15) is 39.5 Å². The normalized spacial score (nSPS) is 10.2. The number of carbonyl (C=O) groups excluding carboxylic acids is 2. The molecular formula is C16H23FN2O2. The van der Waals surface area contributed by atoms with E-state index in [1.54, 1.807) is 11.0 Å². The van der Waals surface area contributed by atoms with Crippen molar-refractivity contribution in [2.75, 3.05) is 18.4 Å². The van der Waals surface area contributed by atoms with E-state index < -0.39 is 5.82 Å². The second kappa shape index (κ2) is 9.10. The first-order valence-electron chi connectivity index (χ1n) is 7.34. The molecular weight excluding hydrogens is 271 g/mol. The molecule has 116 valence electrons. The summed E-state index contributed by atoms with van der Waals surface area (Å²) in [6.45, 7) is 4.68. The molecule has 0 spiro atoms. The number of carbonyl (C=O) groups is 2. The first-order chi connectivity index (χ1) is 10.0. The fraction of sp³-hybridized carbons (Fsp3) is 0.500. The van der Waals surface area contributed by atoms with E-state index in [1.165, 1.54) is 25.1 Å². The fourth-order valence-electron chi connectivity index (χ4n) is 2.01. The van der Waals surface area contributed by atoms with Gasteiger partial charge in [0.25, 0.3) is 0 Å². The summed E-state index contributed by atoms with van der Waals surface area (Å²) in [6, 6.07) is 5.76. The van der Waals surface area contributed by atoms with Gasteiger partial charge in [-0.05, 0) is 24.6 Å². The molecule has 0 saturated heterocycles. The summed E-state index contributed by atoms with van der Waals surface area (Å²) < 4.78 is 13.0. The van der Waals surface area contributed by atoms with Crippen molar-refractivity contribution in [3.05, 3.63) is 30.1 Å². The molecule has 0 unspecified atom stereocenters. The van der Waals surface area contributed by atoms with Crippen molar-refractivity contribution in [2.45, 2.75) is 39.5 Å². The van der Waals surface area contributed by atoms with Crippen LogP contribution in [0.5, 0.6) is 0 Å². The van der Waals surface area contributed by atoms with Crippen LogP contribution in [0.4, 0.5) is 10.1 Å². The lowest BCUT2D eigenvalue weighted by atomic mass is 10.2. The third kappa shape index (κ3) is 6.88. The maximum absolute atomic E-state index is 13.0. The number of amides is 2. The van der Waals surface area contributed by atoms with Crippen molar-refractivity contribution >= 4 is 17.5 Å². The predicted octanol–water partition coefficient (Wildman–Crippen LogP) is 3.19. The van der Waals surface area contributed by atoms with Crippen LogP contribution in [0.25, 0.3) is 0 Å². The minimum absolute atomic E-state index is 0.0235. The Kier molecular flexibility index (Phi) is 7.43. The third-order valence-electron chi connectivity index (χ3n) is 3.19. The molecule has 1 N–H and O–H groups in total. The molecule has 0 bridgehead atoms. The topological polar surface area (TPSA) is 49.4 Å². The van der Waals surface area contributed by atoms with Gasteiger partial charge in [0.1, 0.15) is 5.82 Å². The Morgan fingerprint density at radius 1 is 1.24 bits per heavy atom. The second-order valence-electron chi connectivity index (χ2n) is 5.02. The van der Waals surface area contributed by atoms with E-state index in [0.717, 1.165) is 19.3 Å². The van der Waals surface area contributed by atoms with Crippen LogP contribution in [0.15, 0.2) is 24.3 Å². The molecule has 21 heavy (non-hydrogen) atoms. The van der Waals surface area contributed by atoms with Gasteiger partial charge >= 0.3 is 0 Å². The summed E-state index contributed by atoms with van der Waals surface area (Å²) in [7, 11) is 0. The molecule has 1 aromatic rings. The van der Waals surface area contributed by atoms with E-state index >= 15 is 0 Å². The number of hydrogen-bond acceptors (Lipinski definition) is 2. The minimum atomic E-state index is -0.391. The van der Waals surface area contributed by atoms with Crippen molar-refractivity contribution in [3.8, 4) is 0 Å². The quantitative estimate of drug-likeness (QED) is 0.749. The van der Waals surface area contributed by atoms with Crippen molar-refractivity contribution in [2.24, 2.45) is 0 Å². The van der Waals surface area contributed by atoms with Crippen molar-refractivity contribution in [3.63, 3.8) is 0 Å². The Morgan fingerprint density at radius 2 is 2.00 bits per heavy atom. The van der Waals surface area contributed by atoms with Crippen molar-refractivity contribution in [1.82, 2.24) is 4.90 Å². The Balaban J connectivity index is 2.40. The Morgan fingerprint density at radius 3 is 2.62 bits per heavy atom. The number of nitrogens with zero attached hydrogens (tertiary/aromatic N) is 1. The van der Waals surface area contributed by atoms with Gasteiger partial charge in [0.15, 0.2) is 0 Å². The highest BCUT2D eigenvalue weighted by molar-refractivity contribution is 5.91. The Bertz CT molecular complexity index is 477. The van der Waals surface area contributed by atoms with Gasteiger partial charge in [-0.1, -0.05) is 25.8 Å². The minimum Gasteiger partial charge on any atom is -0.342 e. The van der Waals surface area contributed by atoms with Crippen LogP contribution in [-0.2, 0) is 9.59 Å². The van der Waals surface area contributed by atoms with E-state index in [2.05, 4.69) is 12.2 Å².